The average molecular weight is 324 g/mol. The summed E-state index contributed by atoms with van der Waals surface area (Å²) in [5, 5.41) is 10.2. The zero-order chi connectivity index (χ0) is 17.1. The van der Waals surface area contributed by atoms with E-state index in [1.807, 2.05) is 56.4 Å². The van der Waals surface area contributed by atoms with Crippen LogP contribution in [0.5, 0.6) is 5.75 Å². The number of hydrogen-bond donors (Lipinski definition) is 2. The van der Waals surface area contributed by atoms with Crippen molar-refractivity contribution in [2.45, 2.75) is 32.3 Å². The van der Waals surface area contributed by atoms with Crippen molar-refractivity contribution in [1.82, 2.24) is 9.97 Å². The van der Waals surface area contributed by atoms with Crippen LogP contribution in [0.1, 0.15) is 37.3 Å². The zero-order valence-electron chi connectivity index (χ0n) is 13.7. The van der Waals surface area contributed by atoms with Gasteiger partial charge in [0.05, 0.1) is 17.9 Å². The van der Waals surface area contributed by atoms with Gasteiger partial charge < -0.3 is 14.8 Å². The van der Waals surface area contributed by atoms with Crippen molar-refractivity contribution >= 4 is 17.0 Å². The molecule has 0 aliphatic rings. The van der Waals surface area contributed by atoms with E-state index in [0.29, 0.717) is 5.65 Å². The second kappa shape index (κ2) is 6.74. The van der Waals surface area contributed by atoms with E-state index in [1.54, 1.807) is 6.20 Å². The second-order valence-corrected chi connectivity index (χ2v) is 6.00. The van der Waals surface area contributed by atoms with E-state index in [-0.39, 0.29) is 18.4 Å². The van der Waals surface area contributed by atoms with E-state index >= 15 is 0 Å². The summed E-state index contributed by atoms with van der Waals surface area (Å²) in [6.45, 7) is 3.93. The summed E-state index contributed by atoms with van der Waals surface area (Å²) in [5.74, 6) is -0.387. The number of hydrogen-bond acceptors (Lipinski definition) is 3. The number of nitrogens with one attached hydrogen (secondary N) is 1. The van der Waals surface area contributed by atoms with Crippen LogP contribution in [0.4, 0.5) is 0 Å². The molecule has 0 bridgehead atoms. The molecule has 5 heteroatoms. The van der Waals surface area contributed by atoms with Crippen LogP contribution >= 0.6 is 0 Å². The van der Waals surface area contributed by atoms with E-state index in [0.717, 1.165) is 22.3 Å². The number of fused-ring (bicyclic) bond motifs is 1. The minimum absolute atomic E-state index is 0.00692. The van der Waals surface area contributed by atoms with E-state index in [1.165, 1.54) is 0 Å². The fourth-order valence-corrected chi connectivity index (χ4v) is 2.95. The molecule has 0 fully saturated rings. The summed E-state index contributed by atoms with van der Waals surface area (Å²) in [7, 11) is 0. The van der Waals surface area contributed by atoms with Gasteiger partial charge in [-0.2, -0.15) is 0 Å². The summed E-state index contributed by atoms with van der Waals surface area (Å²) >= 11 is 0. The average Bonchev–Trinajstić information content (AvgIpc) is 2.98. The highest BCUT2D eigenvalue weighted by molar-refractivity contribution is 5.88. The number of pyridine rings is 1. The lowest BCUT2D eigenvalue weighted by Gasteiger charge is -2.17. The maximum atomic E-state index is 11.4. The predicted octanol–water partition coefficient (Wildman–Crippen LogP) is 3.96. The van der Waals surface area contributed by atoms with Gasteiger partial charge in [0.1, 0.15) is 11.4 Å². The minimum atomic E-state index is -0.839. The molecule has 0 saturated heterocycles. The summed E-state index contributed by atoms with van der Waals surface area (Å²) in [6.07, 6.45) is 3.56. The van der Waals surface area contributed by atoms with Crippen LogP contribution in [-0.4, -0.2) is 27.1 Å². The third-order valence-electron chi connectivity index (χ3n) is 3.88. The molecule has 1 atom stereocenters. The van der Waals surface area contributed by atoms with Gasteiger partial charge >= 0.3 is 5.97 Å². The van der Waals surface area contributed by atoms with Gasteiger partial charge in [-0.05, 0) is 31.0 Å². The Hall–Kier alpha value is -2.82. The summed E-state index contributed by atoms with van der Waals surface area (Å²) in [4.78, 5) is 18.9. The number of carboxylic acid groups (broad SMARTS) is 1. The largest absolute Gasteiger partial charge is 0.490 e. The van der Waals surface area contributed by atoms with E-state index < -0.39 is 5.97 Å². The first-order valence-electron chi connectivity index (χ1n) is 7.95. The Morgan fingerprint density at radius 3 is 2.67 bits per heavy atom. The van der Waals surface area contributed by atoms with Gasteiger partial charge in [0, 0.05) is 18.3 Å². The van der Waals surface area contributed by atoms with Crippen molar-refractivity contribution < 1.29 is 14.6 Å². The molecule has 1 unspecified atom stereocenters. The molecular weight excluding hydrogens is 304 g/mol. The summed E-state index contributed by atoms with van der Waals surface area (Å²) in [5.41, 5.74) is 2.55. The number of benzene rings is 1. The molecule has 0 aliphatic carbocycles. The summed E-state index contributed by atoms with van der Waals surface area (Å²) < 4.78 is 5.91. The number of nitrogens with zero attached hydrogens (tertiary/aromatic N) is 1. The van der Waals surface area contributed by atoms with Gasteiger partial charge in [-0.1, -0.05) is 30.3 Å². The van der Waals surface area contributed by atoms with Crippen molar-refractivity contribution in [2.24, 2.45) is 0 Å². The van der Waals surface area contributed by atoms with Gasteiger partial charge in [0.25, 0.3) is 0 Å². The van der Waals surface area contributed by atoms with Crippen molar-refractivity contribution in [2.75, 3.05) is 0 Å². The summed E-state index contributed by atoms with van der Waals surface area (Å²) in [6, 6.07) is 11.5. The normalized spacial score (nSPS) is 12.5. The van der Waals surface area contributed by atoms with Crippen LogP contribution in [-0.2, 0) is 4.79 Å². The molecule has 0 saturated carbocycles. The molecular formula is C19H20N2O3. The maximum absolute atomic E-state index is 11.4. The SMILES string of the molecule is CC(C)Oc1ccnc2[nH]cc(C(CC(=O)O)c3ccccc3)c12. The lowest BCUT2D eigenvalue weighted by Crippen LogP contribution is -2.09. The molecule has 124 valence electrons. The Bertz CT molecular complexity index is 840. The number of rotatable bonds is 6. The van der Waals surface area contributed by atoms with Crippen LogP contribution in [0.15, 0.2) is 48.8 Å². The lowest BCUT2D eigenvalue weighted by atomic mass is 9.88. The van der Waals surface area contributed by atoms with Gasteiger partial charge in [0.2, 0.25) is 0 Å². The van der Waals surface area contributed by atoms with Gasteiger partial charge in [-0.25, -0.2) is 4.98 Å². The second-order valence-electron chi connectivity index (χ2n) is 6.00. The molecule has 0 amide bonds. The van der Waals surface area contributed by atoms with Crippen molar-refractivity contribution in [3.63, 3.8) is 0 Å². The lowest BCUT2D eigenvalue weighted by molar-refractivity contribution is -0.137. The standard InChI is InChI=1S/C19H20N2O3/c1-12(2)24-16-8-9-20-19-18(16)15(11-21-19)14(10-17(22)23)13-6-4-3-5-7-13/h3-9,11-12,14H,10H2,1-2H3,(H,20,21)(H,22,23). The molecule has 2 aromatic heterocycles. The van der Waals surface area contributed by atoms with Crippen molar-refractivity contribution in [1.29, 1.82) is 0 Å². The topological polar surface area (TPSA) is 75.2 Å². The Morgan fingerprint density at radius 1 is 1.25 bits per heavy atom. The van der Waals surface area contributed by atoms with Crippen LogP contribution in [0, 0.1) is 0 Å². The monoisotopic (exact) mass is 324 g/mol. The predicted molar refractivity (Wildman–Crippen MR) is 92.4 cm³/mol. The molecule has 0 spiro atoms. The number of aromatic nitrogens is 2. The number of carbonyl (C=O) groups is 1. The number of H-pyrrole nitrogens is 1. The molecule has 3 aromatic rings. The van der Waals surface area contributed by atoms with Gasteiger partial charge in [-0.15, -0.1) is 0 Å². The van der Waals surface area contributed by atoms with Crippen LogP contribution < -0.4 is 4.74 Å². The highest BCUT2D eigenvalue weighted by atomic mass is 16.5. The highest BCUT2D eigenvalue weighted by Gasteiger charge is 2.23. The van der Waals surface area contributed by atoms with E-state index in [9.17, 15) is 9.90 Å². The van der Waals surface area contributed by atoms with Gasteiger partial charge in [-0.3, -0.25) is 4.79 Å². The number of ether oxygens (including phenoxy) is 1. The first-order valence-corrected chi connectivity index (χ1v) is 7.95. The third kappa shape index (κ3) is 3.25. The fraction of sp³-hybridized carbons (Fsp3) is 0.263. The minimum Gasteiger partial charge on any atom is -0.490 e. The first-order chi connectivity index (χ1) is 11.6. The molecule has 0 radical (unpaired) electrons. The number of aliphatic carboxylic acids is 1. The Kier molecular flexibility index (Phi) is 4.51. The maximum Gasteiger partial charge on any atom is 0.304 e. The molecule has 24 heavy (non-hydrogen) atoms. The number of aromatic amines is 1. The zero-order valence-corrected chi connectivity index (χ0v) is 13.7. The molecule has 2 heterocycles. The first kappa shape index (κ1) is 16.1. The third-order valence-corrected chi connectivity index (χ3v) is 3.88. The highest BCUT2D eigenvalue weighted by Crippen LogP contribution is 2.37. The fourth-order valence-electron chi connectivity index (χ4n) is 2.95. The van der Waals surface area contributed by atoms with E-state index in [2.05, 4.69) is 9.97 Å². The van der Waals surface area contributed by atoms with Crippen LogP contribution in [0.3, 0.4) is 0 Å². The molecule has 5 nitrogen and oxygen atoms in total. The number of carboxylic acids is 1. The smallest absolute Gasteiger partial charge is 0.304 e. The van der Waals surface area contributed by atoms with Crippen molar-refractivity contribution in [3.05, 3.63) is 59.9 Å². The molecule has 2 N–H and O–H groups in total. The molecule has 1 aromatic carbocycles. The van der Waals surface area contributed by atoms with Crippen LogP contribution in [0.2, 0.25) is 0 Å². The Labute approximate surface area is 140 Å². The van der Waals surface area contributed by atoms with E-state index in [4.69, 9.17) is 4.74 Å². The Balaban J connectivity index is 2.15. The Morgan fingerprint density at radius 2 is 2.00 bits per heavy atom. The van der Waals surface area contributed by atoms with Crippen LogP contribution in [0.25, 0.3) is 11.0 Å². The quantitative estimate of drug-likeness (QED) is 0.720. The van der Waals surface area contributed by atoms with Crippen molar-refractivity contribution in [3.8, 4) is 5.75 Å². The molecule has 3 rings (SSSR count). The molecule has 0 aliphatic heterocycles. The van der Waals surface area contributed by atoms with Gasteiger partial charge in [0.15, 0.2) is 0 Å².